The monoisotopic (exact) mass is 283 g/mol. The van der Waals surface area contributed by atoms with Gasteiger partial charge in [0.2, 0.25) is 0 Å². The highest BCUT2D eigenvalue weighted by Crippen LogP contribution is 2.27. The SMILES string of the molecule is Fc1cc(-c2nnc(CNC3CC3)s2)ccc1Cl. The molecule has 94 valence electrons. The maximum atomic E-state index is 13.3. The summed E-state index contributed by atoms with van der Waals surface area (Å²) in [6.07, 6.45) is 2.49. The first-order valence-corrected chi connectivity index (χ1v) is 6.93. The molecule has 0 amide bonds. The van der Waals surface area contributed by atoms with Crippen molar-refractivity contribution < 1.29 is 4.39 Å². The summed E-state index contributed by atoms with van der Waals surface area (Å²) in [6.45, 7) is 0.735. The Labute approximate surface area is 113 Å². The number of hydrogen-bond acceptors (Lipinski definition) is 4. The lowest BCUT2D eigenvalue weighted by molar-refractivity contribution is 0.628. The van der Waals surface area contributed by atoms with Crippen molar-refractivity contribution in [1.82, 2.24) is 15.5 Å². The number of halogens is 2. The minimum absolute atomic E-state index is 0.124. The van der Waals surface area contributed by atoms with Crippen LogP contribution >= 0.6 is 22.9 Å². The minimum Gasteiger partial charge on any atom is -0.308 e. The Morgan fingerprint density at radius 3 is 2.94 bits per heavy atom. The summed E-state index contributed by atoms with van der Waals surface area (Å²) in [7, 11) is 0. The van der Waals surface area contributed by atoms with Gasteiger partial charge in [-0.1, -0.05) is 29.0 Å². The highest BCUT2D eigenvalue weighted by atomic mass is 35.5. The van der Waals surface area contributed by atoms with E-state index in [9.17, 15) is 4.39 Å². The highest BCUT2D eigenvalue weighted by molar-refractivity contribution is 7.14. The topological polar surface area (TPSA) is 37.8 Å². The first kappa shape index (κ1) is 12.0. The molecule has 18 heavy (non-hydrogen) atoms. The smallest absolute Gasteiger partial charge is 0.147 e. The Morgan fingerprint density at radius 1 is 1.39 bits per heavy atom. The predicted octanol–water partition coefficient (Wildman–Crippen LogP) is 3.25. The number of nitrogens with zero attached hydrogens (tertiary/aromatic N) is 2. The van der Waals surface area contributed by atoms with Crippen LogP contribution in [0.25, 0.3) is 10.6 Å². The molecule has 0 spiro atoms. The van der Waals surface area contributed by atoms with Crippen LogP contribution in [0.1, 0.15) is 17.8 Å². The largest absolute Gasteiger partial charge is 0.308 e. The molecule has 0 radical (unpaired) electrons. The van der Waals surface area contributed by atoms with Crippen molar-refractivity contribution in [2.24, 2.45) is 0 Å². The quantitative estimate of drug-likeness (QED) is 0.936. The predicted molar refractivity (Wildman–Crippen MR) is 70.2 cm³/mol. The lowest BCUT2D eigenvalue weighted by atomic mass is 10.2. The molecule has 6 heteroatoms. The van der Waals surface area contributed by atoms with Gasteiger partial charge in [-0.2, -0.15) is 0 Å². The van der Waals surface area contributed by atoms with Gasteiger partial charge in [0.25, 0.3) is 0 Å². The van der Waals surface area contributed by atoms with Crippen molar-refractivity contribution >= 4 is 22.9 Å². The molecule has 0 unspecified atom stereocenters. The van der Waals surface area contributed by atoms with Crippen molar-refractivity contribution in [2.75, 3.05) is 0 Å². The molecule has 1 aromatic heterocycles. The lowest BCUT2D eigenvalue weighted by Gasteiger charge is -1.97. The van der Waals surface area contributed by atoms with E-state index in [1.165, 1.54) is 36.3 Å². The van der Waals surface area contributed by atoms with E-state index in [1.54, 1.807) is 6.07 Å². The van der Waals surface area contributed by atoms with Gasteiger partial charge in [0.1, 0.15) is 15.8 Å². The van der Waals surface area contributed by atoms with Crippen LogP contribution in [0.5, 0.6) is 0 Å². The van der Waals surface area contributed by atoms with Gasteiger partial charge in [-0.05, 0) is 25.0 Å². The van der Waals surface area contributed by atoms with Gasteiger partial charge in [0, 0.05) is 18.2 Å². The van der Waals surface area contributed by atoms with Gasteiger partial charge in [-0.25, -0.2) is 4.39 Å². The van der Waals surface area contributed by atoms with Crippen LogP contribution in [0.4, 0.5) is 4.39 Å². The number of rotatable bonds is 4. The first-order chi connectivity index (χ1) is 8.72. The standard InChI is InChI=1S/C12H11ClFN3S/c13-9-4-1-7(5-10(9)14)12-17-16-11(18-12)6-15-8-2-3-8/h1,4-5,8,15H,2-3,6H2. The molecule has 1 aliphatic carbocycles. The molecule has 0 bridgehead atoms. The van der Waals surface area contributed by atoms with Crippen molar-refractivity contribution in [1.29, 1.82) is 0 Å². The summed E-state index contributed by atoms with van der Waals surface area (Å²) in [5.74, 6) is -0.429. The lowest BCUT2D eigenvalue weighted by Crippen LogP contribution is -2.14. The molecule has 2 aromatic rings. The fraction of sp³-hybridized carbons (Fsp3) is 0.333. The average molecular weight is 284 g/mol. The van der Waals surface area contributed by atoms with E-state index in [1.807, 2.05) is 0 Å². The highest BCUT2D eigenvalue weighted by Gasteiger charge is 2.20. The summed E-state index contributed by atoms with van der Waals surface area (Å²) in [5.41, 5.74) is 0.715. The second kappa shape index (κ2) is 4.91. The zero-order valence-electron chi connectivity index (χ0n) is 9.49. The van der Waals surface area contributed by atoms with Crippen molar-refractivity contribution in [3.05, 3.63) is 34.0 Å². The van der Waals surface area contributed by atoms with Gasteiger partial charge in [-0.15, -0.1) is 10.2 Å². The van der Waals surface area contributed by atoms with E-state index in [2.05, 4.69) is 15.5 Å². The Hall–Kier alpha value is -1.04. The average Bonchev–Trinajstić information content (AvgIpc) is 3.08. The normalized spacial score (nSPS) is 15.0. The van der Waals surface area contributed by atoms with Gasteiger partial charge in [0.05, 0.1) is 5.02 Å². The molecule has 1 N–H and O–H groups in total. The molecule has 1 aliphatic rings. The molecule has 1 fully saturated rings. The maximum absolute atomic E-state index is 13.3. The van der Waals surface area contributed by atoms with Crippen LogP contribution in [-0.2, 0) is 6.54 Å². The molecule has 0 saturated heterocycles. The van der Waals surface area contributed by atoms with Gasteiger partial charge in [-0.3, -0.25) is 0 Å². The molecular formula is C12H11ClFN3S. The molecule has 0 atom stereocenters. The van der Waals surface area contributed by atoms with E-state index in [4.69, 9.17) is 11.6 Å². The van der Waals surface area contributed by atoms with Crippen LogP contribution in [0.15, 0.2) is 18.2 Å². The van der Waals surface area contributed by atoms with E-state index >= 15 is 0 Å². The second-order valence-corrected chi connectivity index (χ2v) is 5.75. The number of benzene rings is 1. The number of hydrogen-bond donors (Lipinski definition) is 1. The van der Waals surface area contributed by atoms with Crippen LogP contribution in [0.3, 0.4) is 0 Å². The molecule has 1 saturated carbocycles. The summed E-state index contributed by atoms with van der Waals surface area (Å²) in [5, 5.41) is 13.3. The van der Waals surface area contributed by atoms with Crippen molar-refractivity contribution in [3.63, 3.8) is 0 Å². The van der Waals surface area contributed by atoms with E-state index in [0.717, 1.165) is 16.6 Å². The second-order valence-electron chi connectivity index (χ2n) is 4.29. The number of aromatic nitrogens is 2. The molecule has 3 nitrogen and oxygen atoms in total. The molecule has 0 aliphatic heterocycles. The minimum atomic E-state index is -0.429. The van der Waals surface area contributed by atoms with Crippen LogP contribution in [-0.4, -0.2) is 16.2 Å². The van der Waals surface area contributed by atoms with Crippen LogP contribution < -0.4 is 5.32 Å². The van der Waals surface area contributed by atoms with Crippen LogP contribution in [0.2, 0.25) is 5.02 Å². The van der Waals surface area contributed by atoms with Gasteiger partial charge < -0.3 is 5.32 Å². The fourth-order valence-corrected chi connectivity index (χ4v) is 2.49. The van der Waals surface area contributed by atoms with Crippen molar-refractivity contribution in [3.8, 4) is 10.6 Å². The third-order valence-corrected chi connectivity index (χ3v) is 4.03. The third-order valence-electron chi connectivity index (χ3n) is 2.75. The summed E-state index contributed by atoms with van der Waals surface area (Å²) in [4.78, 5) is 0. The van der Waals surface area contributed by atoms with Gasteiger partial charge >= 0.3 is 0 Å². The maximum Gasteiger partial charge on any atom is 0.147 e. The first-order valence-electron chi connectivity index (χ1n) is 5.73. The van der Waals surface area contributed by atoms with Gasteiger partial charge in [0.15, 0.2) is 0 Å². The molecule has 1 heterocycles. The van der Waals surface area contributed by atoms with Crippen molar-refractivity contribution in [2.45, 2.75) is 25.4 Å². The summed E-state index contributed by atoms with van der Waals surface area (Å²) < 4.78 is 13.3. The Kier molecular flexibility index (Phi) is 3.28. The third kappa shape index (κ3) is 2.68. The zero-order valence-corrected chi connectivity index (χ0v) is 11.1. The Balaban J connectivity index is 1.76. The van der Waals surface area contributed by atoms with E-state index in [0.29, 0.717) is 11.6 Å². The number of nitrogens with one attached hydrogen (secondary N) is 1. The molecule has 1 aromatic carbocycles. The van der Waals surface area contributed by atoms with E-state index < -0.39 is 5.82 Å². The summed E-state index contributed by atoms with van der Waals surface area (Å²) in [6, 6.07) is 5.33. The molecular weight excluding hydrogens is 273 g/mol. The zero-order chi connectivity index (χ0) is 12.5. The van der Waals surface area contributed by atoms with E-state index in [-0.39, 0.29) is 5.02 Å². The Morgan fingerprint density at radius 2 is 2.22 bits per heavy atom. The fourth-order valence-electron chi connectivity index (χ4n) is 1.59. The molecule has 3 rings (SSSR count). The summed E-state index contributed by atoms with van der Waals surface area (Å²) >= 11 is 7.12. The van der Waals surface area contributed by atoms with Crippen LogP contribution in [0, 0.1) is 5.82 Å². The Bertz CT molecular complexity index is 568.